The van der Waals surface area contributed by atoms with E-state index in [1.165, 1.54) is 49.8 Å². The van der Waals surface area contributed by atoms with E-state index in [4.69, 9.17) is 4.74 Å². The zero-order chi connectivity index (χ0) is 19.6. The second kappa shape index (κ2) is 7.43. The number of aliphatic imine (C=N–C) groups is 2. The number of nitrogens with zero attached hydrogens (tertiary/aromatic N) is 3. The van der Waals surface area contributed by atoms with Crippen molar-refractivity contribution in [2.45, 2.75) is 5.75 Å². The number of sulfone groups is 1. The summed E-state index contributed by atoms with van der Waals surface area (Å²) in [6.07, 6.45) is 2.55. The Balaban J connectivity index is 1.84. The number of benzene rings is 2. The van der Waals surface area contributed by atoms with Gasteiger partial charge in [-0.25, -0.2) is 27.2 Å². The summed E-state index contributed by atoms with van der Waals surface area (Å²) in [4.78, 5) is 10.3. The normalized spacial score (nSPS) is 14.2. The molecule has 2 aromatic carbocycles. The van der Waals surface area contributed by atoms with Crippen LogP contribution in [-0.2, 0) is 15.6 Å². The number of hydrogen-bond donors (Lipinski definition) is 0. The molecule has 0 aliphatic carbocycles. The topological polar surface area (TPSA) is 71.3 Å². The number of halogens is 2. The Hall–Kier alpha value is -2.81. The Morgan fingerprint density at radius 2 is 1.96 bits per heavy atom. The molecule has 0 bridgehead atoms. The van der Waals surface area contributed by atoms with Crippen LogP contribution in [0.25, 0.3) is 0 Å². The van der Waals surface area contributed by atoms with E-state index in [2.05, 4.69) is 9.98 Å². The average molecular weight is 393 g/mol. The van der Waals surface area contributed by atoms with E-state index in [0.29, 0.717) is 22.8 Å². The standard InChI is InChI=1S/C18H17F2N3O3S/c1-26-17-8-13(19)3-5-15(17)18-21-10-23(11-22-18)14-4-6-16(20)12(7-14)9-27(2,24)25/h3-8,10H,9,11H2,1-2H3. The molecule has 3 rings (SSSR count). The predicted molar refractivity (Wildman–Crippen MR) is 100 cm³/mol. The van der Waals surface area contributed by atoms with Gasteiger partial charge in [0.05, 0.1) is 24.8 Å². The highest BCUT2D eigenvalue weighted by molar-refractivity contribution is 7.89. The van der Waals surface area contributed by atoms with Gasteiger partial charge in [-0.05, 0) is 30.3 Å². The lowest BCUT2D eigenvalue weighted by atomic mass is 10.1. The van der Waals surface area contributed by atoms with Gasteiger partial charge in [-0.15, -0.1) is 0 Å². The third kappa shape index (κ3) is 4.48. The molecule has 0 amide bonds. The van der Waals surface area contributed by atoms with Gasteiger partial charge in [0.15, 0.2) is 15.7 Å². The summed E-state index contributed by atoms with van der Waals surface area (Å²) in [7, 11) is -1.94. The van der Waals surface area contributed by atoms with Gasteiger partial charge in [-0.2, -0.15) is 0 Å². The number of ether oxygens (including phenoxy) is 1. The molecule has 142 valence electrons. The first kappa shape index (κ1) is 19.0. The maximum atomic E-state index is 13.9. The highest BCUT2D eigenvalue weighted by atomic mass is 32.2. The van der Waals surface area contributed by atoms with Crippen molar-refractivity contribution in [3.05, 3.63) is 59.2 Å². The number of hydrogen-bond acceptors (Lipinski definition) is 6. The fraction of sp³-hybridized carbons (Fsp3) is 0.222. The zero-order valence-corrected chi connectivity index (χ0v) is 15.5. The smallest absolute Gasteiger partial charge is 0.161 e. The summed E-state index contributed by atoms with van der Waals surface area (Å²) in [6, 6.07) is 8.26. The van der Waals surface area contributed by atoms with E-state index >= 15 is 0 Å². The van der Waals surface area contributed by atoms with Crippen molar-refractivity contribution < 1.29 is 21.9 Å². The van der Waals surface area contributed by atoms with Crippen molar-refractivity contribution in [1.29, 1.82) is 0 Å². The van der Waals surface area contributed by atoms with Crippen LogP contribution in [0.3, 0.4) is 0 Å². The lowest BCUT2D eigenvalue weighted by Crippen LogP contribution is -2.27. The van der Waals surface area contributed by atoms with Gasteiger partial charge in [-0.3, -0.25) is 0 Å². The van der Waals surface area contributed by atoms with E-state index in [1.807, 2.05) is 0 Å². The molecule has 0 radical (unpaired) electrons. The van der Waals surface area contributed by atoms with Crippen LogP contribution in [0, 0.1) is 11.6 Å². The minimum absolute atomic E-state index is 0.0818. The van der Waals surface area contributed by atoms with E-state index in [0.717, 1.165) is 6.26 Å². The van der Waals surface area contributed by atoms with Crippen LogP contribution in [0.1, 0.15) is 11.1 Å². The van der Waals surface area contributed by atoms with Crippen molar-refractivity contribution in [3.8, 4) is 5.75 Å². The van der Waals surface area contributed by atoms with Gasteiger partial charge >= 0.3 is 0 Å². The van der Waals surface area contributed by atoms with Crippen molar-refractivity contribution in [3.63, 3.8) is 0 Å². The lowest BCUT2D eigenvalue weighted by Gasteiger charge is -2.22. The lowest BCUT2D eigenvalue weighted by molar-refractivity contribution is 0.410. The molecule has 1 aliphatic heterocycles. The predicted octanol–water partition coefficient (Wildman–Crippen LogP) is 2.77. The minimum Gasteiger partial charge on any atom is -0.496 e. The molecule has 0 saturated heterocycles. The van der Waals surface area contributed by atoms with E-state index in [1.54, 1.807) is 4.90 Å². The maximum Gasteiger partial charge on any atom is 0.161 e. The summed E-state index contributed by atoms with van der Waals surface area (Å²) in [5.41, 5.74) is 1.19. The fourth-order valence-electron chi connectivity index (χ4n) is 2.63. The molecule has 0 aromatic heterocycles. The number of amidine groups is 1. The molecule has 0 atom stereocenters. The van der Waals surface area contributed by atoms with Gasteiger partial charge in [0.1, 0.15) is 24.1 Å². The van der Waals surface area contributed by atoms with Crippen LogP contribution in [0.4, 0.5) is 14.5 Å². The third-order valence-corrected chi connectivity index (χ3v) is 4.71. The maximum absolute atomic E-state index is 13.9. The SMILES string of the molecule is COc1cc(F)ccc1C1=NCN(c2ccc(F)c(CS(C)(=O)=O)c2)C=N1. The Morgan fingerprint density at radius 3 is 2.59 bits per heavy atom. The van der Waals surface area contributed by atoms with Crippen molar-refractivity contribution in [1.82, 2.24) is 0 Å². The second-order valence-corrected chi connectivity index (χ2v) is 8.17. The van der Waals surface area contributed by atoms with E-state index in [9.17, 15) is 17.2 Å². The molecule has 1 aliphatic rings. The summed E-state index contributed by atoms with van der Waals surface area (Å²) in [5.74, 6) is -0.710. The Labute approximate surface area is 155 Å². The van der Waals surface area contributed by atoms with Crippen molar-refractivity contribution >= 4 is 27.7 Å². The highest BCUT2D eigenvalue weighted by Gasteiger charge is 2.17. The largest absolute Gasteiger partial charge is 0.496 e. The zero-order valence-electron chi connectivity index (χ0n) is 14.7. The molecule has 0 spiro atoms. The van der Waals surface area contributed by atoms with Gasteiger partial charge in [0.25, 0.3) is 0 Å². The molecule has 0 N–H and O–H groups in total. The minimum atomic E-state index is -3.37. The summed E-state index contributed by atoms with van der Waals surface area (Å²) >= 11 is 0. The molecular formula is C18H17F2N3O3S. The van der Waals surface area contributed by atoms with Gasteiger partial charge in [0, 0.05) is 23.6 Å². The Kier molecular flexibility index (Phi) is 5.22. The van der Waals surface area contributed by atoms with Crippen LogP contribution < -0.4 is 9.64 Å². The average Bonchev–Trinajstić information content (AvgIpc) is 2.62. The molecule has 1 heterocycles. The third-order valence-electron chi connectivity index (χ3n) is 3.88. The monoisotopic (exact) mass is 393 g/mol. The van der Waals surface area contributed by atoms with E-state index < -0.39 is 21.5 Å². The molecule has 6 nitrogen and oxygen atoms in total. The van der Waals surface area contributed by atoms with Gasteiger partial charge < -0.3 is 9.64 Å². The number of rotatable bonds is 5. The fourth-order valence-corrected chi connectivity index (χ4v) is 3.42. The molecular weight excluding hydrogens is 376 g/mol. The van der Waals surface area contributed by atoms with Gasteiger partial charge in [-0.1, -0.05) is 0 Å². The van der Waals surface area contributed by atoms with E-state index in [-0.39, 0.29) is 18.0 Å². The first-order valence-electron chi connectivity index (χ1n) is 7.92. The van der Waals surface area contributed by atoms with Gasteiger partial charge in [0.2, 0.25) is 0 Å². The Bertz CT molecular complexity index is 1040. The molecule has 2 aromatic rings. The number of methoxy groups -OCH3 is 1. The summed E-state index contributed by atoms with van der Waals surface area (Å²) in [6.45, 7) is 0.184. The molecule has 9 heteroatoms. The number of anilines is 1. The molecule has 27 heavy (non-hydrogen) atoms. The molecule has 0 fully saturated rings. The first-order valence-corrected chi connectivity index (χ1v) is 9.98. The van der Waals surface area contributed by atoms with Crippen LogP contribution in [0.2, 0.25) is 0 Å². The summed E-state index contributed by atoms with van der Waals surface area (Å²) < 4.78 is 55.3. The molecule has 0 saturated carbocycles. The second-order valence-electron chi connectivity index (χ2n) is 6.03. The quantitative estimate of drug-likeness (QED) is 0.783. The van der Waals surface area contributed by atoms with Crippen molar-refractivity contribution in [2.24, 2.45) is 9.98 Å². The summed E-state index contributed by atoms with van der Waals surface area (Å²) in [5, 5.41) is 0. The van der Waals surface area contributed by atoms with Crippen LogP contribution in [-0.4, -0.2) is 40.6 Å². The first-order chi connectivity index (χ1) is 12.8. The highest BCUT2D eigenvalue weighted by Crippen LogP contribution is 2.24. The van der Waals surface area contributed by atoms with Crippen LogP contribution >= 0.6 is 0 Å². The van der Waals surface area contributed by atoms with Crippen molar-refractivity contribution in [2.75, 3.05) is 24.9 Å². The van der Waals surface area contributed by atoms with Crippen LogP contribution in [0.15, 0.2) is 46.4 Å². The Morgan fingerprint density at radius 1 is 1.19 bits per heavy atom. The van der Waals surface area contributed by atoms with Crippen LogP contribution in [0.5, 0.6) is 5.75 Å². The molecule has 0 unspecified atom stereocenters.